The van der Waals surface area contributed by atoms with Gasteiger partial charge in [-0.3, -0.25) is 0 Å². The van der Waals surface area contributed by atoms with Crippen molar-refractivity contribution in [3.8, 4) is 0 Å². The summed E-state index contributed by atoms with van der Waals surface area (Å²) in [6.45, 7) is 0. The standard InChI is InChI=1S/C6H8O7.2Na/c1-13-6(4(9)10,5(11)12)2-3(7)8;;/h2H2,1H3,(H,7,8)(H,9,10)(H,11,12);;/q;2*+1/p-2. The predicted molar refractivity (Wildman–Crippen MR) is 32.0 cm³/mol. The minimum Gasteiger partial charge on any atom is -0.550 e. The van der Waals surface area contributed by atoms with Crippen LogP contribution in [0.3, 0.4) is 0 Å². The Kier molecular flexibility index (Phi) is 11.8. The van der Waals surface area contributed by atoms with Gasteiger partial charge in [0.15, 0.2) is 0 Å². The molecule has 0 aliphatic carbocycles. The first kappa shape index (κ1) is 20.7. The largest absolute Gasteiger partial charge is 1.00 e. The van der Waals surface area contributed by atoms with Gasteiger partial charge in [0.1, 0.15) is 0 Å². The third-order valence-corrected chi connectivity index (χ3v) is 1.42. The van der Waals surface area contributed by atoms with Crippen LogP contribution in [0, 0.1) is 0 Å². The van der Waals surface area contributed by atoms with Gasteiger partial charge in [0.05, 0.1) is 5.97 Å². The number of methoxy groups -OCH3 is 1. The number of aliphatic carboxylic acids is 3. The zero-order chi connectivity index (χ0) is 10.6. The van der Waals surface area contributed by atoms with E-state index in [9.17, 15) is 24.6 Å². The molecule has 0 heterocycles. The first-order valence-corrected chi connectivity index (χ1v) is 3.06. The van der Waals surface area contributed by atoms with Crippen molar-refractivity contribution in [2.24, 2.45) is 0 Å². The molecule has 0 saturated carbocycles. The molecule has 0 aromatic rings. The molecule has 1 unspecified atom stereocenters. The van der Waals surface area contributed by atoms with Crippen LogP contribution >= 0.6 is 0 Å². The Morgan fingerprint density at radius 1 is 1.27 bits per heavy atom. The van der Waals surface area contributed by atoms with Crippen LogP contribution in [0.1, 0.15) is 6.42 Å². The van der Waals surface area contributed by atoms with Crippen molar-refractivity contribution in [1.82, 2.24) is 0 Å². The van der Waals surface area contributed by atoms with Crippen LogP contribution in [-0.4, -0.2) is 35.7 Å². The molecule has 0 aliphatic rings. The minimum atomic E-state index is -2.88. The van der Waals surface area contributed by atoms with E-state index in [1.165, 1.54) is 0 Å². The van der Waals surface area contributed by atoms with Crippen molar-refractivity contribution in [3.63, 3.8) is 0 Å². The van der Waals surface area contributed by atoms with E-state index in [4.69, 9.17) is 5.11 Å². The third-order valence-electron chi connectivity index (χ3n) is 1.42. The van der Waals surface area contributed by atoms with Crippen LogP contribution in [0.15, 0.2) is 0 Å². The molecule has 1 atom stereocenters. The summed E-state index contributed by atoms with van der Waals surface area (Å²) in [5.41, 5.74) is -2.88. The zero-order valence-electron chi connectivity index (χ0n) is 8.60. The monoisotopic (exact) mass is 236 g/mol. The van der Waals surface area contributed by atoms with Gasteiger partial charge in [-0.1, -0.05) is 0 Å². The Morgan fingerprint density at radius 2 is 1.67 bits per heavy atom. The van der Waals surface area contributed by atoms with Gasteiger partial charge in [-0.15, -0.1) is 0 Å². The quantitative estimate of drug-likeness (QED) is 0.371. The number of rotatable bonds is 5. The molecule has 0 spiro atoms. The molecule has 0 radical (unpaired) electrons. The molecule has 7 nitrogen and oxygen atoms in total. The predicted octanol–water partition coefficient (Wildman–Crippen LogP) is -9.65. The molecule has 0 fully saturated rings. The summed E-state index contributed by atoms with van der Waals surface area (Å²) in [5, 5.41) is 28.8. The average Bonchev–Trinajstić information content (AvgIpc) is 1.98. The van der Waals surface area contributed by atoms with Crippen LogP contribution < -0.4 is 69.3 Å². The number of hydrogen-bond acceptors (Lipinski definition) is 6. The maximum atomic E-state index is 10.4. The molecule has 9 heteroatoms. The molecule has 0 aromatic carbocycles. The number of carboxylic acids is 3. The second-order valence-corrected chi connectivity index (χ2v) is 2.17. The maximum Gasteiger partial charge on any atom is 1.00 e. The molecular formula is C6H6Na2O7. The SMILES string of the molecule is COC(CC(=O)[O-])(C(=O)[O-])C(=O)O.[Na+].[Na+]. The van der Waals surface area contributed by atoms with Crippen molar-refractivity contribution in [3.05, 3.63) is 0 Å². The topological polar surface area (TPSA) is 127 Å². The van der Waals surface area contributed by atoms with Crippen molar-refractivity contribution in [2.75, 3.05) is 7.11 Å². The molecule has 0 bridgehead atoms. The van der Waals surface area contributed by atoms with Crippen LogP contribution in [0.2, 0.25) is 0 Å². The van der Waals surface area contributed by atoms with Crippen LogP contribution in [-0.2, 0) is 19.1 Å². The van der Waals surface area contributed by atoms with E-state index in [1.807, 2.05) is 0 Å². The van der Waals surface area contributed by atoms with Gasteiger partial charge >= 0.3 is 65.1 Å². The van der Waals surface area contributed by atoms with Crippen LogP contribution in [0.4, 0.5) is 0 Å². The molecular weight excluding hydrogens is 230 g/mol. The van der Waals surface area contributed by atoms with E-state index in [2.05, 4.69) is 4.74 Å². The van der Waals surface area contributed by atoms with Crippen LogP contribution in [0.5, 0.6) is 0 Å². The van der Waals surface area contributed by atoms with E-state index in [0.717, 1.165) is 7.11 Å². The number of carbonyl (C=O) groups is 3. The van der Waals surface area contributed by atoms with Crippen molar-refractivity contribution in [1.29, 1.82) is 0 Å². The zero-order valence-corrected chi connectivity index (χ0v) is 12.6. The molecule has 15 heavy (non-hydrogen) atoms. The van der Waals surface area contributed by atoms with Crippen molar-refractivity contribution >= 4 is 17.9 Å². The summed E-state index contributed by atoms with van der Waals surface area (Å²) in [4.78, 5) is 30.8. The van der Waals surface area contributed by atoms with Crippen LogP contribution in [0.25, 0.3) is 0 Å². The molecule has 0 aromatic heterocycles. The number of carboxylic acid groups (broad SMARTS) is 3. The van der Waals surface area contributed by atoms with E-state index in [0.29, 0.717) is 0 Å². The summed E-state index contributed by atoms with van der Waals surface area (Å²) in [7, 11) is 0.757. The van der Waals surface area contributed by atoms with E-state index in [1.54, 1.807) is 0 Å². The van der Waals surface area contributed by atoms with Gasteiger partial charge in [-0.2, -0.15) is 0 Å². The van der Waals surface area contributed by atoms with Crippen molar-refractivity contribution < 1.29 is 93.6 Å². The molecule has 0 rings (SSSR count). The van der Waals surface area contributed by atoms with Gasteiger partial charge in [0.25, 0.3) is 0 Å². The fraction of sp³-hybridized carbons (Fsp3) is 0.500. The molecule has 1 N–H and O–H groups in total. The normalized spacial score (nSPS) is 12.6. The molecule has 0 amide bonds. The van der Waals surface area contributed by atoms with Gasteiger partial charge in [-0.25, -0.2) is 4.79 Å². The molecule has 0 saturated heterocycles. The summed E-state index contributed by atoms with van der Waals surface area (Å²) in [5.74, 6) is -5.93. The summed E-state index contributed by atoms with van der Waals surface area (Å²) in [6.07, 6.45) is -1.30. The Morgan fingerprint density at radius 3 is 1.73 bits per heavy atom. The number of hydrogen-bond donors (Lipinski definition) is 1. The van der Waals surface area contributed by atoms with Gasteiger partial charge in [-0.05, 0) is 0 Å². The second kappa shape index (κ2) is 8.51. The molecule has 0 aliphatic heterocycles. The Labute approximate surface area is 129 Å². The van der Waals surface area contributed by atoms with Gasteiger partial charge < -0.3 is 29.6 Å². The Balaban J connectivity index is -0.000000720. The summed E-state index contributed by atoms with van der Waals surface area (Å²) < 4.78 is 4.09. The van der Waals surface area contributed by atoms with Gasteiger partial charge in [0, 0.05) is 19.5 Å². The minimum absolute atomic E-state index is 0. The number of ether oxygens (including phenoxy) is 1. The first-order chi connectivity index (χ1) is 5.86. The maximum absolute atomic E-state index is 10.4. The smallest absolute Gasteiger partial charge is 0.550 e. The fourth-order valence-corrected chi connectivity index (χ4v) is 0.681. The Bertz CT molecular complexity index is 238. The summed E-state index contributed by atoms with van der Waals surface area (Å²) >= 11 is 0. The second-order valence-electron chi connectivity index (χ2n) is 2.17. The van der Waals surface area contributed by atoms with E-state index >= 15 is 0 Å². The van der Waals surface area contributed by atoms with Gasteiger partial charge in [0.2, 0.25) is 5.60 Å². The van der Waals surface area contributed by atoms with Crippen molar-refractivity contribution in [2.45, 2.75) is 12.0 Å². The van der Waals surface area contributed by atoms with E-state index in [-0.39, 0.29) is 59.1 Å². The summed E-state index contributed by atoms with van der Waals surface area (Å²) in [6, 6.07) is 0. The third kappa shape index (κ3) is 5.30. The average molecular weight is 236 g/mol. The fourth-order valence-electron chi connectivity index (χ4n) is 0.681. The Hall–Kier alpha value is 0.370. The first-order valence-electron chi connectivity index (χ1n) is 3.06. The van der Waals surface area contributed by atoms with E-state index < -0.39 is 29.9 Å². The number of carbonyl (C=O) groups excluding carboxylic acids is 2. The molecule has 74 valence electrons.